The largest absolute Gasteiger partial charge is 0.496 e. The van der Waals surface area contributed by atoms with E-state index in [0.29, 0.717) is 19.5 Å². The zero-order valence-corrected chi connectivity index (χ0v) is 17.6. The maximum atomic E-state index is 14.1. The molecule has 2 aliphatic heterocycles. The average Bonchev–Trinajstić information content (AvgIpc) is 3.20. The summed E-state index contributed by atoms with van der Waals surface area (Å²) in [5, 5.41) is 10.9. The summed E-state index contributed by atoms with van der Waals surface area (Å²) in [7, 11) is 1.37. The molecule has 0 spiro atoms. The van der Waals surface area contributed by atoms with Crippen LogP contribution in [0.3, 0.4) is 0 Å². The molecule has 1 amide bonds. The van der Waals surface area contributed by atoms with Crippen LogP contribution in [0.4, 0.5) is 17.6 Å². The van der Waals surface area contributed by atoms with E-state index in [9.17, 15) is 27.5 Å². The van der Waals surface area contributed by atoms with Gasteiger partial charge in [0, 0.05) is 44.2 Å². The summed E-state index contributed by atoms with van der Waals surface area (Å²) in [5.74, 6) is -0.411. The quantitative estimate of drug-likeness (QED) is 0.702. The Kier molecular flexibility index (Phi) is 5.83. The SMILES string of the molecule is COc1ccc(F)cc1C(C)(C)CC(O)(CN1CC2CC1CN2C(C)=O)C(F)(F)F. The summed E-state index contributed by atoms with van der Waals surface area (Å²) >= 11 is 0. The molecule has 1 aromatic rings. The molecule has 9 heteroatoms. The number of piperazine rings is 1. The maximum absolute atomic E-state index is 14.1. The smallest absolute Gasteiger partial charge is 0.418 e. The number of nitrogens with zero attached hydrogens (tertiary/aromatic N) is 2. The van der Waals surface area contributed by atoms with Gasteiger partial charge >= 0.3 is 6.18 Å². The number of carbonyl (C=O) groups excluding carboxylic acids is 1. The normalized spacial score (nSPS) is 24.2. The Bertz CT molecular complexity index is 814. The fraction of sp³-hybridized carbons (Fsp3) is 0.667. The van der Waals surface area contributed by atoms with Crippen molar-refractivity contribution in [3.8, 4) is 5.75 Å². The Balaban J connectivity index is 1.85. The Morgan fingerprint density at radius 1 is 1.23 bits per heavy atom. The van der Waals surface area contributed by atoms with Crippen LogP contribution in [0.25, 0.3) is 0 Å². The molecule has 0 aliphatic carbocycles. The molecule has 0 saturated carbocycles. The molecule has 3 rings (SSSR count). The fourth-order valence-electron chi connectivity index (χ4n) is 4.95. The number of fused-ring (bicyclic) bond motifs is 2. The lowest BCUT2D eigenvalue weighted by Crippen LogP contribution is -2.59. The lowest BCUT2D eigenvalue weighted by Gasteiger charge is -2.43. The molecule has 3 unspecified atom stereocenters. The highest BCUT2D eigenvalue weighted by Gasteiger charge is 2.59. The first kappa shape index (κ1) is 22.8. The third-order valence-electron chi connectivity index (χ3n) is 6.38. The van der Waals surface area contributed by atoms with Crippen LogP contribution in [0.2, 0.25) is 0 Å². The standard InChI is InChI=1S/C21H28F4N2O3/c1-13(28)27-10-15-8-16(27)9-26(15)12-20(29,21(23,24)25)11-19(2,3)17-7-14(22)5-6-18(17)30-4/h5-7,15-16,29H,8-12H2,1-4H3. The number of ether oxygens (including phenoxy) is 1. The van der Waals surface area contributed by atoms with Crippen molar-refractivity contribution >= 4 is 5.91 Å². The van der Waals surface area contributed by atoms with Gasteiger partial charge in [-0.3, -0.25) is 9.69 Å². The van der Waals surface area contributed by atoms with Crippen molar-refractivity contribution in [3.63, 3.8) is 0 Å². The molecule has 0 radical (unpaired) electrons. The molecular formula is C21H28F4N2O3. The Morgan fingerprint density at radius 2 is 1.90 bits per heavy atom. The van der Waals surface area contributed by atoms with Gasteiger partial charge in [0.1, 0.15) is 11.6 Å². The van der Waals surface area contributed by atoms with Crippen LogP contribution in [0, 0.1) is 5.82 Å². The van der Waals surface area contributed by atoms with Crippen LogP contribution < -0.4 is 4.74 Å². The number of carbonyl (C=O) groups is 1. The molecule has 2 saturated heterocycles. The second-order valence-corrected chi connectivity index (χ2v) is 9.08. The highest BCUT2D eigenvalue weighted by Crippen LogP contribution is 2.45. The minimum atomic E-state index is -4.88. The maximum Gasteiger partial charge on any atom is 0.418 e. The first-order valence-corrected chi connectivity index (χ1v) is 9.92. The topological polar surface area (TPSA) is 53.0 Å². The van der Waals surface area contributed by atoms with Crippen LogP contribution in [-0.2, 0) is 10.2 Å². The van der Waals surface area contributed by atoms with Gasteiger partial charge in [0.15, 0.2) is 5.60 Å². The van der Waals surface area contributed by atoms with Crippen molar-refractivity contribution in [3.05, 3.63) is 29.6 Å². The second-order valence-electron chi connectivity index (χ2n) is 9.08. The number of hydrogen-bond acceptors (Lipinski definition) is 4. The minimum Gasteiger partial charge on any atom is -0.496 e. The van der Waals surface area contributed by atoms with Crippen molar-refractivity contribution in [1.82, 2.24) is 9.80 Å². The van der Waals surface area contributed by atoms with Crippen molar-refractivity contribution in [2.75, 3.05) is 26.7 Å². The Hall–Kier alpha value is -1.87. The van der Waals surface area contributed by atoms with E-state index in [1.165, 1.54) is 40.0 Å². The molecule has 1 aromatic carbocycles. The number of β-amino-alcohol motifs (C(OH)–C–C–N with tert-alkyl or cyclic N) is 1. The van der Waals surface area contributed by atoms with Gasteiger partial charge in [0.2, 0.25) is 5.91 Å². The predicted octanol–water partition coefficient (Wildman–Crippen LogP) is 3.10. The van der Waals surface area contributed by atoms with E-state index in [2.05, 4.69) is 0 Å². The summed E-state index contributed by atoms with van der Waals surface area (Å²) in [6.07, 6.45) is -4.94. The van der Waals surface area contributed by atoms with Crippen LogP contribution >= 0.6 is 0 Å². The lowest BCUT2D eigenvalue weighted by molar-refractivity contribution is -0.272. The zero-order chi connectivity index (χ0) is 22.5. The van der Waals surface area contributed by atoms with E-state index in [4.69, 9.17) is 4.74 Å². The van der Waals surface area contributed by atoms with Crippen LogP contribution in [0.5, 0.6) is 5.75 Å². The fourth-order valence-corrected chi connectivity index (χ4v) is 4.95. The average molecular weight is 432 g/mol. The zero-order valence-electron chi connectivity index (χ0n) is 17.6. The Labute approximate surface area is 173 Å². The molecule has 30 heavy (non-hydrogen) atoms. The van der Waals surface area contributed by atoms with E-state index in [1.54, 1.807) is 9.80 Å². The molecule has 2 heterocycles. The van der Waals surface area contributed by atoms with E-state index in [0.717, 1.165) is 6.07 Å². The van der Waals surface area contributed by atoms with E-state index in [-0.39, 0.29) is 29.3 Å². The van der Waals surface area contributed by atoms with Gasteiger partial charge in [0.25, 0.3) is 0 Å². The molecule has 2 bridgehead atoms. The molecule has 5 nitrogen and oxygen atoms in total. The van der Waals surface area contributed by atoms with Gasteiger partial charge in [-0.15, -0.1) is 0 Å². The van der Waals surface area contributed by atoms with Gasteiger partial charge in [-0.25, -0.2) is 4.39 Å². The van der Waals surface area contributed by atoms with Gasteiger partial charge in [-0.1, -0.05) is 13.8 Å². The number of likely N-dealkylation sites (tertiary alicyclic amines) is 2. The van der Waals surface area contributed by atoms with Crippen LogP contribution in [0.1, 0.15) is 39.2 Å². The number of benzene rings is 1. The third kappa shape index (κ3) is 4.14. The van der Waals surface area contributed by atoms with E-state index >= 15 is 0 Å². The number of methoxy groups -OCH3 is 1. The molecule has 3 atom stereocenters. The van der Waals surface area contributed by atoms with Crippen molar-refractivity contribution in [2.45, 2.75) is 62.9 Å². The summed E-state index contributed by atoms with van der Waals surface area (Å²) in [6.45, 7) is 4.60. The molecule has 2 aliphatic rings. The van der Waals surface area contributed by atoms with Crippen LogP contribution in [-0.4, -0.2) is 71.4 Å². The summed E-state index contributed by atoms with van der Waals surface area (Å²) in [4.78, 5) is 15.0. The predicted molar refractivity (Wildman–Crippen MR) is 103 cm³/mol. The first-order valence-electron chi connectivity index (χ1n) is 9.92. The molecule has 0 aromatic heterocycles. The van der Waals surface area contributed by atoms with Crippen LogP contribution in [0.15, 0.2) is 18.2 Å². The molecule has 168 valence electrons. The number of alkyl halides is 3. The second kappa shape index (κ2) is 7.67. The molecule has 1 N–H and O–H groups in total. The highest BCUT2D eigenvalue weighted by molar-refractivity contribution is 5.74. The van der Waals surface area contributed by atoms with E-state index < -0.39 is 36.0 Å². The number of amides is 1. The number of hydrogen-bond donors (Lipinski definition) is 1. The Morgan fingerprint density at radius 3 is 2.40 bits per heavy atom. The van der Waals surface area contributed by atoms with Gasteiger partial charge < -0.3 is 14.7 Å². The molecule has 2 fully saturated rings. The van der Waals surface area contributed by atoms with Gasteiger partial charge in [-0.2, -0.15) is 13.2 Å². The monoisotopic (exact) mass is 432 g/mol. The van der Waals surface area contributed by atoms with Crippen molar-refractivity contribution in [2.24, 2.45) is 0 Å². The van der Waals surface area contributed by atoms with Crippen molar-refractivity contribution < 1.29 is 32.2 Å². The summed E-state index contributed by atoms with van der Waals surface area (Å²) in [6, 6.07) is 3.37. The van der Waals surface area contributed by atoms with E-state index in [1.807, 2.05) is 0 Å². The highest BCUT2D eigenvalue weighted by atomic mass is 19.4. The third-order valence-corrected chi connectivity index (χ3v) is 6.38. The van der Waals surface area contributed by atoms with Crippen molar-refractivity contribution in [1.29, 1.82) is 0 Å². The lowest BCUT2D eigenvalue weighted by atomic mass is 9.74. The molecular weight excluding hydrogens is 404 g/mol. The number of aliphatic hydroxyl groups is 1. The number of rotatable bonds is 6. The summed E-state index contributed by atoms with van der Waals surface area (Å²) < 4.78 is 61.2. The summed E-state index contributed by atoms with van der Waals surface area (Å²) in [5.41, 5.74) is -3.96. The van der Waals surface area contributed by atoms with Gasteiger partial charge in [0.05, 0.1) is 7.11 Å². The number of halogens is 4. The van der Waals surface area contributed by atoms with Gasteiger partial charge in [-0.05, 0) is 36.5 Å². The first-order chi connectivity index (χ1) is 13.8. The minimum absolute atomic E-state index is 0.0902.